The fourth-order valence-corrected chi connectivity index (χ4v) is 1.11. The molecule has 0 fully saturated rings. The lowest BCUT2D eigenvalue weighted by Gasteiger charge is -2.13. The van der Waals surface area contributed by atoms with E-state index in [2.05, 4.69) is 10.6 Å². The highest BCUT2D eigenvalue weighted by Gasteiger charge is 2.06. The number of nitrogens with one attached hydrogen (secondary N) is 2. The second kappa shape index (κ2) is 8.97. The second-order valence-corrected chi connectivity index (χ2v) is 3.34. The summed E-state index contributed by atoms with van der Waals surface area (Å²) >= 11 is 0. The quantitative estimate of drug-likeness (QED) is 0.564. The molecule has 0 aromatic heterocycles. The lowest BCUT2D eigenvalue weighted by Crippen LogP contribution is -2.36. The largest absolute Gasteiger partial charge is 0.380 e. The van der Waals surface area contributed by atoms with E-state index in [-0.39, 0.29) is 11.9 Å². The van der Waals surface area contributed by atoms with E-state index in [0.717, 1.165) is 13.0 Å². The van der Waals surface area contributed by atoms with Crippen molar-refractivity contribution in [2.24, 2.45) is 0 Å². The highest BCUT2D eigenvalue weighted by molar-refractivity contribution is 5.76. The van der Waals surface area contributed by atoms with Gasteiger partial charge in [0.15, 0.2) is 0 Å². The van der Waals surface area contributed by atoms with Crippen molar-refractivity contribution < 1.29 is 9.53 Å². The Morgan fingerprint density at radius 1 is 1.50 bits per heavy atom. The predicted molar refractivity (Wildman–Crippen MR) is 57.3 cm³/mol. The van der Waals surface area contributed by atoms with Gasteiger partial charge in [-0.1, -0.05) is 0 Å². The van der Waals surface area contributed by atoms with Crippen LogP contribution in [0.25, 0.3) is 0 Å². The maximum atomic E-state index is 11.3. The van der Waals surface area contributed by atoms with Gasteiger partial charge in [-0.3, -0.25) is 4.79 Å². The van der Waals surface area contributed by atoms with Gasteiger partial charge in [-0.15, -0.1) is 0 Å². The van der Waals surface area contributed by atoms with E-state index in [9.17, 15) is 4.79 Å². The smallest absolute Gasteiger partial charge is 0.220 e. The Kier molecular flexibility index (Phi) is 8.57. The molecule has 0 saturated heterocycles. The number of hydrogen-bond acceptors (Lipinski definition) is 3. The molecular formula is C10H22N2O2. The molecule has 0 spiro atoms. The monoisotopic (exact) mass is 202 g/mol. The minimum absolute atomic E-state index is 0.104. The molecule has 0 aromatic rings. The first-order valence-electron chi connectivity index (χ1n) is 5.22. The van der Waals surface area contributed by atoms with Crippen LogP contribution in [0.4, 0.5) is 0 Å². The van der Waals surface area contributed by atoms with Crippen LogP contribution in [0.15, 0.2) is 0 Å². The Labute approximate surface area is 86.4 Å². The van der Waals surface area contributed by atoms with Crippen molar-refractivity contribution in [3.63, 3.8) is 0 Å². The Bertz CT molecular complexity index is 151. The molecule has 4 heteroatoms. The van der Waals surface area contributed by atoms with E-state index >= 15 is 0 Å². The van der Waals surface area contributed by atoms with Gasteiger partial charge in [-0.2, -0.15) is 0 Å². The van der Waals surface area contributed by atoms with Gasteiger partial charge in [0.25, 0.3) is 0 Å². The minimum atomic E-state index is 0.104. The van der Waals surface area contributed by atoms with Crippen molar-refractivity contribution in [2.45, 2.75) is 32.7 Å². The molecule has 1 amide bonds. The molecule has 2 N–H and O–H groups in total. The molecule has 0 aliphatic heterocycles. The van der Waals surface area contributed by atoms with Crippen molar-refractivity contribution >= 4 is 5.91 Å². The third-order valence-corrected chi connectivity index (χ3v) is 1.81. The summed E-state index contributed by atoms with van der Waals surface area (Å²) in [5.41, 5.74) is 0. The fourth-order valence-electron chi connectivity index (χ4n) is 1.11. The molecule has 14 heavy (non-hydrogen) atoms. The molecular weight excluding hydrogens is 180 g/mol. The van der Waals surface area contributed by atoms with Gasteiger partial charge < -0.3 is 15.4 Å². The molecule has 1 unspecified atom stereocenters. The first kappa shape index (κ1) is 13.4. The lowest BCUT2D eigenvalue weighted by atomic mass is 10.2. The molecule has 0 aliphatic carbocycles. The maximum Gasteiger partial charge on any atom is 0.220 e. The number of carbonyl (C=O) groups excluding carboxylic acids is 1. The summed E-state index contributed by atoms with van der Waals surface area (Å²) in [6.07, 6.45) is 1.46. The van der Waals surface area contributed by atoms with Crippen molar-refractivity contribution in [3.8, 4) is 0 Å². The second-order valence-electron chi connectivity index (χ2n) is 3.34. The van der Waals surface area contributed by atoms with E-state index in [1.165, 1.54) is 0 Å². The summed E-state index contributed by atoms with van der Waals surface area (Å²) in [6, 6.07) is 0.108. The normalized spacial score (nSPS) is 12.5. The highest BCUT2D eigenvalue weighted by Crippen LogP contribution is 1.90. The van der Waals surface area contributed by atoms with Crippen LogP contribution in [0.3, 0.4) is 0 Å². The Hall–Kier alpha value is -0.610. The molecule has 0 heterocycles. The molecule has 84 valence electrons. The molecule has 0 aliphatic rings. The number of ether oxygens (including phenoxy) is 1. The minimum Gasteiger partial charge on any atom is -0.380 e. The fraction of sp³-hybridized carbons (Fsp3) is 0.900. The number of amides is 1. The van der Waals surface area contributed by atoms with Crippen LogP contribution in [0.5, 0.6) is 0 Å². The summed E-state index contributed by atoms with van der Waals surface area (Å²) in [4.78, 5) is 11.3. The van der Waals surface area contributed by atoms with Crippen LogP contribution in [0.2, 0.25) is 0 Å². The summed E-state index contributed by atoms with van der Waals surface area (Å²) in [6.45, 7) is 6.06. The van der Waals surface area contributed by atoms with Gasteiger partial charge in [-0.05, 0) is 33.9 Å². The summed E-state index contributed by atoms with van der Waals surface area (Å²) in [7, 11) is 1.88. The summed E-state index contributed by atoms with van der Waals surface area (Å²) in [5.74, 6) is 0.104. The first-order chi connectivity index (χ1) is 6.70. The lowest BCUT2D eigenvalue weighted by molar-refractivity contribution is -0.122. The van der Waals surface area contributed by atoms with Crippen molar-refractivity contribution in [2.75, 3.05) is 26.8 Å². The van der Waals surface area contributed by atoms with Crippen molar-refractivity contribution in [3.05, 3.63) is 0 Å². The van der Waals surface area contributed by atoms with Crippen molar-refractivity contribution in [1.29, 1.82) is 0 Å². The van der Waals surface area contributed by atoms with Crippen LogP contribution in [-0.2, 0) is 9.53 Å². The van der Waals surface area contributed by atoms with E-state index in [4.69, 9.17) is 4.74 Å². The van der Waals surface area contributed by atoms with Gasteiger partial charge >= 0.3 is 0 Å². The average molecular weight is 202 g/mol. The Morgan fingerprint density at radius 3 is 2.79 bits per heavy atom. The van der Waals surface area contributed by atoms with Gasteiger partial charge in [0.05, 0.1) is 6.61 Å². The van der Waals surface area contributed by atoms with E-state index in [1.54, 1.807) is 0 Å². The molecule has 0 rings (SSSR count). The molecule has 0 aromatic carbocycles. The van der Waals surface area contributed by atoms with E-state index in [1.807, 2.05) is 20.9 Å². The summed E-state index contributed by atoms with van der Waals surface area (Å²) < 4.78 is 5.19. The van der Waals surface area contributed by atoms with Crippen molar-refractivity contribution in [1.82, 2.24) is 10.6 Å². The van der Waals surface area contributed by atoms with E-state index < -0.39 is 0 Å². The maximum absolute atomic E-state index is 11.3. The van der Waals surface area contributed by atoms with Crippen LogP contribution in [0.1, 0.15) is 26.7 Å². The SMILES string of the molecule is CCOCC(C)NC(=O)CCCNC. The van der Waals surface area contributed by atoms with Gasteiger partial charge in [-0.25, -0.2) is 0 Å². The summed E-state index contributed by atoms with van der Waals surface area (Å²) in [5, 5.41) is 5.89. The van der Waals surface area contributed by atoms with E-state index in [0.29, 0.717) is 19.6 Å². The van der Waals surface area contributed by atoms with Gasteiger partial charge in [0.1, 0.15) is 0 Å². The topological polar surface area (TPSA) is 50.4 Å². The number of rotatable bonds is 8. The third kappa shape index (κ3) is 8.01. The molecule has 4 nitrogen and oxygen atoms in total. The molecule has 1 atom stereocenters. The standard InChI is InChI=1S/C10H22N2O2/c1-4-14-8-9(2)12-10(13)6-5-7-11-3/h9,11H,4-8H2,1-3H3,(H,12,13). The Balaban J connectivity index is 3.40. The third-order valence-electron chi connectivity index (χ3n) is 1.81. The predicted octanol–water partition coefficient (Wildman–Crippen LogP) is 0.527. The van der Waals surface area contributed by atoms with Crippen LogP contribution in [-0.4, -0.2) is 38.8 Å². The zero-order valence-electron chi connectivity index (χ0n) is 9.43. The molecule has 0 radical (unpaired) electrons. The van der Waals surface area contributed by atoms with Gasteiger partial charge in [0, 0.05) is 19.1 Å². The highest BCUT2D eigenvalue weighted by atomic mass is 16.5. The van der Waals surface area contributed by atoms with Crippen LogP contribution >= 0.6 is 0 Å². The zero-order chi connectivity index (χ0) is 10.8. The first-order valence-corrected chi connectivity index (χ1v) is 5.22. The average Bonchev–Trinajstić information content (AvgIpc) is 2.15. The number of carbonyl (C=O) groups is 1. The molecule has 0 bridgehead atoms. The number of hydrogen-bond donors (Lipinski definition) is 2. The Morgan fingerprint density at radius 2 is 2.21 bits per heavy atom. The van der Waals surface area contributed by atoms with Crippen LogP contribution in [0, 0.1) is 0 Å². The van der Waals surface area contributed by atoms with Gasteiger partial charge in [0.2, 0.25) is 5.91 Å². The zero-order valence-corrected chi connectivity index (χ0v) is 9.43. The molecule has 0 saturated carbocycles. The van der Waals surface area contributed by atoms with Crippen LogP contribution < -0.4 is 10.6 Å².